The van der Waals surface area contributed by atoms with Crippen molar-refractivity contribution < 1.29 is 4.79 Å². The minimum absolute atomic E-state index is 0.0874. The molecule has 0 bridgehead atoms. The van der Waals surface area contributed by atoms with E-state index in [4.69, 9.17) is 11.6 Å². The summed E-state index contributed by atoms with van der Waals surface area (Å²) in [5.41, 5.74) is 3.42. The molecule has 4 rings (SSSR count). The van der Waals surface area contributed by atoms with E-state index in [-0.39, 0.29) is 18.0 Å². The Morgan fingerprint density at radius 1 is 1.16 bits per heavy atom. The first-order valence-corrected chi connectivity index (χ1v) is 11.0. The standard InChI is InChI=1S/C22H28ClN7O/c1-13(30(2)3)22(31)28-16-6-4-15(5-7-16)27-19-11-14(10-18(23)29-19)17-12-26-21-20(17)24-8-9-25-21/h8-13,15-16H,4-7H2,1-3H3,(H,25,26)(H,27,29)(H,28,31)/t13-,15?,16?/m0/s1. The summed E-state index contributed by atoms with van der Waals surface area (Å²) >= 11 is 6.32. The quantitative estimate of drug-likeness (QED) is 0.506. The van der Waals surface area contributed by atoms with Gasteiger partial charge in [0.05, 0.1) is 6.04 Å². The normalized spacial score (nSPS) is 20.0. The van der Waals surface area contributed by atoms with Crippen LogP contribution in [0.2, 0.25) is 5.15 Å². The van der Waals surface area contributed by atoms with Gasteiger partial charge in [0.25, 0.3) is 0 Å². The Balaban J connectivity index is 1.40. The van der Waals surface area contributed by atoms with E-state index in [9.17, 15) is 4.79 Å². The summed E-state index contributed by atoms with van der Waals surface area (Å²) < 4.78 is 0. The zero-order valence-electron chi connectivity index (χ0n) is 18.0. The van der Waals surface area contributed by atoms with Crippen molar-refractivity contribution >= 4 is 34.5 Å². The van der Waals surface area contributed by atoms with E-state index in [1.54, 1.807) is 12.4 Å². The van der Waals surface area contributed by atoms with Crippen LogP contribution in [0.1, 0.15) is 32.6 Å². The molecule has 9 heteroatoms. The number of nitrogens with zero attached hydrogens (tertiary/aromatic N) is 4. The Bertz CT molecular complexity index is 1060. The Labute approximate surface area is 186 Å². The number of rotatable bonds is 6. The number of pyridine rings is 1. The Morgan fingerprint density at radius 3 is 2.61 bits per heavy atom. The van der Waals surface area contributed by atoms with Crippen LogP contribution < -0.4 is 10.6 Å². The minimum atomic E-state index is -0.126. The van der Waals surface area contributed by atoms with Crippen LogP contribution in [0, 0.1) is 0 Å². The molecule has 0 aromatic carbocycles. The number of carbonyl (C=O) groups excluding carboxylic acids is 1. The van der Waals surface area contributed by atoms with Crippen LogP contribution in [0.15, 0.2) is 30.7 Å². The SMILES string of the molecule is C[C@@H](C(=O)NC1CCC(Nc2cc(-c3c[nH]c4nccnc34)cc(Cl)n2)CC1)N(C)C. The zero-order valence-corrected chi connectivity index (χ0v) is 18.8. The molecule has 3 heterocycles. The second-order valence-electron chi connectivity index (χ2n) is 8.36. The van der Waals surface area contributed by atoms with Gasteiger partial charge in [-0.15, -0.1) is 0 Å². The van der Waals surface area contributed by atoms with E-state index < -0.39 is 0 Å². The average Bonchev–Trinajstić information content (AvgIpc) is 3.18. The number of likely N-dealkylation sites (N-methyl/N-ethyl adjacent to an activating group) is 1. The highest BCUT2D eigenvalue weighted by Crippen LogP contribution is 2.30. The highest BCUT2D eigenvalue weighted by Gasteiger charge is 2.25. The molecule has 1 saturated carbocycles. The molecule has 8 nitrogen and oxygen atoms in total. The molecule has 3 aromatic rings. The number of fused-ring (bicyclic) bond motifs is 1. The van der Waals surface area contributed by atoms with Crippen molar-refractivity contribution in [1.29, 1.82) is 0 Å². The van der Waals surface area contributed by atoms with E-state index in [1.807, 2.05) is 44.2 Å². The number of aromatic amines is 1. The van der Waals surface area contributed by atoms with E-state index in [0.717, 1.165) is 53.8 Å². The third kappa shape index (κ3) is 4.97. The first-order chi connectivity index (χ1) is 14.9. The highest BCUT2D eigenvalue weighted by atomic mass is 35.5. The fourth-order valence-electron chi connectivity index (χ4n) is 3.94. The van der Waals surface area contributed by atoms with Crippen molar-refractivity contribution in [2.45, 2.75) is 50.7 Å². The number of hydrogen-bond donors (Lipinski definition) is 3. The molecule has 3 N–H and O–H groups in total. The predicted molar refractivity (Wildman–Crippen MR) is 123 cm³/mol. The molecule has 0 unspecified atom stereocenters. The van der Waals surface area contributed by atoms with Gasteiger partial charge in [0.1, 0.15) is 16.5 Å². The Kier molecular flexibility index (Phi) is 6.38. The lowest BCUT2D eigenvalue weighted by Crippen LogP contribution is -2.47. The molecule has 1 amide bonds. The number of carbonyl (C=O) groups is 1. The fourth-order valence-corrected chi connectivity index (χ4v) is 4.15. The molecule has 0 aliphatic heterocycles. The second kappa shape index (κ2) is 9.20. The van der Waals surface area contributed by atoms with Gasteiger partial charge in [-0.3, -0.25) is 14.7 Å². The van der Waals surface area contributed by atoms with Gasteiger partial charge in [-0.2, -0.15) is 0 Å². The van der Waals surface area contributed by atoms with E-state index in [0.29, 0.717) is 11.2 Å². The number of nitrogens with one attached hydrogen (secondary N) is 3. The van der Waals surface area contributed by atoms with Gasteiger partial charge in [0.15, 0.2) is 5.65 Å². The van der Waals surface area contributed by atoms with Gasteiger partial charge in [-0.05, 0) is 64.4 Å². The summed E-state index contributed by atoms with van der Waals surface area (Å²) in [6.07, 6.45) is 9.03. The molecular formula is C22H28ClN7O. The van der Waals surface area contributed by atoms with Crippen molar-refractivity contribution in [3.8, 4) is 11.1 Å². The molecule has 0 spiro atoms. The molecule has 1 atom stereocenters. The van der Waals surface area contributed by atoms with Gasteiger partial charge in [0, 0.05) is 36.2 Å². The van der Waals surface area contributed by atoms with Crippen LogP contribution in [0.5, 0.6) is 0 Å². The molecule has 1 aliphatic rings. The van der Waals surface area contributed by atoms with Crippen LogP contribution in [0.3, 0.4) is 0 Å². The lowest BCUT2D eigenvalue weighted by molar-refractivity contribution is -0.125. The van der Waals surface area contributed by atoms with Crippen molar-refractivity contribution in [3.05, 3.63) is 35.9 Å². The molecule has 1 fully saturated rings. The van der Waals surface area contributed by atoms with Crippen molar-refractivity contribution in [1.82, 2.24) is 30.2 Å². The first-order valence-electron chi connectivity index (χ1n) is 10.6. The van der Waals surface area contributed by atoms with E-state index in [1.165, 1.54) is 0 Å². The molecule has 31 heavy (non-hydrogen) atoms. The van der Waals surface area contributed by atoms with Gasteiger partial charge in [-0.25, -0.2) is 9.97 Å². The van der Waals surface area contributed by atoms with Crippen LogP contribution in [0.25, 0.3) is 22.3 Å². The summed E-state index contributed by atoms with van der Waals surface area (Å²) in [6, 6.07) is 4.22. The summed E-state index contributed by atoms with van der Waals surface area (Å²) in [7, 11) is 3.83. The zero-order chi connectivity index (χ0) is 22.0. The third-order valence-corrected chi connectivity index (χ3v) is 6.18. The van der Waals surface area contributed by atoms with Gasteiger partial charge in [-0.1, -0.05) is 11.6 Å². The minimum Gasteiger partial charge on any atom is -0.367 e. The van der Waals surface area contributed by atoms with Gasteiger partial charge in [0.2, 0.25) is 5.91 Å². The van der Waals surface area contributed by atoms with Crippen LogP contribution in [0.4, 0.5) is 5.82 Å². The summed E-state index contributed by atoms with van der Waals surface area (Å²) in [5.74, 6) is 0.832. The van der Waals surface area contributed by atoms with Gasteiger partial charge >= 0.3 is 0 Å². The van der Waals surface area contributed by atoms with Crippen molar-refractivity contribution in [3.63, 3.8) is 0 Å². The molecule has 164 valence electrons. The first kappa shape index (κ1) is 21.5. The second-order valence-corrected chi connectivity index (χ2v) is 8.75. The summed E-state index contributed by atoms with van der Waals surface area (Å²) in [4.78, 5) is 30.6. The smallest absolute Gasteiger partial charge is 0.237 e. The van der Waals surface area contributed by atoms with Crippen molar-refractivity contribution in [2.75, 3.05) is 19.4 Å². The van der Waals surface area contributed by atoms with Crippen molar-refractivity contribution in [2.24, 2.45) is 0 Å². The number of H-pyrrole nitrogens is 1. The molecular weight excluding hydrogens is 414 g/mol. The average molecular weight is 442 g/mol. The molecule has 0 saturated heterocycles. The van der Waals surface area contributed by atoms with E-state index in [2.05, 4.69) is 30.6 Å². The van der Waals surface area contributed by atoms with Crippen LogP contribution in [-0.2, 0) is 4.79 Å². The Hall–Kier alpha value is -2.71. The molecule has 0 radical (unpaired) electrons. The van der Waals surface area contributed by atoms with Gasteiger partial charge < -0.3 is 15.6 Å². The maximum Gasteiger partial charge on any atom is 0.237 e. The molecule has 1 aliphatic carbocycles. The highest BCUT2D eigenvalue weighted by molar-refractivity contribution is 6.29. The Morgan fingerprint density at radius 2 is 1.87 bits per heavy atom. The number of aromatic nitrogens is 4. The fraction of sp³-hybridized carbons (Fsp3) is 0.455. The number of anilines is 1. The summed E-state index contributed by atoms with van der Waals surface area (Å²) in [5, 5.41) is 7.13. The predicted octanol–water partition coefficient (Wildman–Crippen LogP) is 3.46. The number of halogens is 1. The third-order valence-electron chi connectivity index (χ3n) is 5.99. The topological polar surface area (TPSA) is 98.8 Å². The van der Waals surface area contributed by atoms with E-state index >= 15 is 0 Å². The lowest BCUT2D eigenvalue weighted by atomic mass is 9.91. The van der Waals surface area contributed by atoms with Crippen LogP contribution in [-0.4, -0.2) is 63.0 Å². The maximum atomic E-state index is 12.3. The largest absolute Gasteiger partial charge is 0.367 e. The lowest BCUT2D eigenvalue weighted by Gasteiger charge is -2.31. The number of hydrogen-bond acceptors (Lipinski definition) is 6. The monoisotopic (exact) mass is 441 g/mol. The number of amides is 1. The maximum absolute atomic E-state index is 12.3. The van der Waals surface area contributed by atoms with Crippen LogP contribution >= 0.6 is 11.6 Å². The summed E-state index contributed by atoms with van der Waals surface area (Å²) in [6.45, 7) is 1.92. The molecule has 3 aromatic heterocycles.